The number of halogens is 3. The molecule has 7 nitrogen and oxygen atoms in total. The fourth-order valence-electron chi connectivity index (χ4n) is 5.04. The molecule has 0 radical (unpaired) electrons. The molecule has 5 rings (SSSR count). The van der Waals surface area contributed by atoms with Gasteiger partial charge in [0.2, 0.25) is 11.8 Å². The van der Waals surface area contributed by atoms with E-state index >= 15 is 0 Å². The molecule has 0 aliphatic carbocycles. The molecule has 1 aromatic heterocycles. The summed E-state index contributed by atoms with van der Waals surface area (Å²) in [7, 11) is 1.39. The highest BCUT2D eigenvalue weighted by Gasteiger charge is 2.33. The van der Waals surface area contributed by atoms with Gasteiger partial charge in [-0.1, -0.05) is 30.3 Å². The zero-order valence-electron chi connectivity index (χ0n) is 21.9. The number of nitrogens with one attached hydrogen (secondary N) is 3. The topological polar surface area (TPSA) is 100 Å². The Balaban J connectivity index is 1.51. The van der Waals surface area contributed by atoms with Gasteiger partial charge in [-0.05, 0) is 59.5 Å². The molecular weight excluding hydrogens is 533 g/mol. The van der Waals surface area contributed by atoms with Crippen molar-refractivity contribution in [1.29, 1.82) is 0 Å². The molecule has 0 bridgehead atoms. The van der Waals surface area contributed by atoms with Crippen LogP contribution in [0.2, 0.25) is 0 Å². The molecule has 0 fully saturated rings. The third kappa shape index (κ3) is 5.96. The summed E-state index contributed by atoms with van der Waals surface area (Å²) in [5.74, 6) is -4.39. The lowest BCUT2D eigenvalue weighted by atomic mass is 9.93. The average molecular weight is 559 g/mol. The van der Waals surface area contributed by atoms with Crippen LogP contribution in [0.4, 0.5) is 18.9 Å². The van der Waals surface area contributed by atoms with Gasteiger partial charge in [-0.3, -0.25) is 19.4 Å². The molecule has 3 amide bonds. The maximum atomic E-state index is 14.4. The predicted octanol–water partition coefficient (Wildman–Crippen LogP) is 5.05. The second-order valence-electron chi connectivity index (χ2n) is 9.65. The number of aromatic nitrogens is 1. The van der Waals surface area contributed by atoms with Gasteiger partial charge in [0.05, 0.1) is 23.2 Å². The molecule has 1 aliphatic rings. The Morgan fingerprint density at radius 1 is 0.976 bits per heavy atom. The van der Waals surface area contributed by atoms with Crippen LogP contribution in [0.5, 0.6) is 0 Å². The zero-order chi connectivity index (χ0) is 29.1. The number of nitrogens with zero attached hydrogens (tertiary/aromatic N) is 1. The van der Waals surface area contributed by atoms with Crippen LogP contribution in [0.15, 0.2) is 79.0 Å². The minimum Gasteiger partial charge on any atom is -0.355 e. The first-order valence-corrected chi connectivity index (χ1v) is 12.8. The molecule has 4 aromatic rings. The Bertz CT molecular complexity index is 1640. The van der Waals surface area contributed by atoms with Crippen molar-refractivity contribution in [3.63, 3.8) is 0 Å². The standard InChI is InChI=1S/C31H25F3N4O3/c1-35-30(40)24-14-18(8-9-25(24)34)21-6-4-10-36-29(21)27(13-17-11-19(32)15-20(33)12-17)37-28(39)16-23-22-5-2-3-7-26(22)38-31(23)41/h2-12,14-15,23,27H,13,16H2,1H3,(H,35,40)(H,37,39)(H,38,41)/t23?,27-/m0/s1. The molecular formula is C31H25F3N4O3. The van der Waals surface area contributed by atoms with Crippen molar-refractivity contribution < 1.29 is 27.6 Å². The second kappa shape index (κ2) is 11.6. The molecule has 2 atom stereocenters. The third-order valence-electron chi connectivity index (χ3n) is 6.92. The largest absolute Gasteiger partial charge is 0.355 e. The van der Waals surface area contributed by atoms with E-state index in [0.29, 0.717) is 28.1 Å². The summed E-state index contributed by atoms with van der Waals surface area (Å²) in [6.45, 7) is 0. The molecule has 3 aromatic carbocycles. The average Bonchev–Trinajstić information content (AvgIpc) is 3.26. The first kappa shape index (κ1) is 27.6. The van der Waals surface area contributed by atoms with Crippen molar-refractivity contribution in [2.75, 3.05) is 12.4 Å². The van der Waals surface area contributed by atoms with E-state index < -0.39 is 41.2 Å². The Hall–Kier alpha value is -4.99. The van der Waals surface area contributed by atoms with Gasteiger partial charge in [0.25, 0.3) is 5.91 Å². The molecule has 208 valence electrons. The van der Waals surface area contributed by atoms with E-state index in [1.807, 2.05) is 0 Å². The third-order valence-corrected chi connectivity index (χ3v) is 6.92. The maximum absolute atomic E-state index is 14.4. The fourth-order valence-corrected chi connectivity index (χ4v) is 5.04. The van der Waals surface area contributed by atoms with E-state index in [4.69, 9.17) is 0 Å². The Morgan fingerprint density at radius 2 is 1.73 bits per heavy atom. The number of carbonyl (C=O) groups is 3. The highest BCUT2D eigenvalue weighted by Crippen LogP contribution is 2.35. The van der Waals surface area contributed by atoms with Crippen LogP contribution in [0.1, 0.15) is 45.6 Å². The molecule has 2 heterocycles. The van der Waals surface area contributed by atoms with Gasteiger partial charge in [-0.25, -0.2) is 13.2 Å². The number of amides is 3. The quantitative estimate of drug-likeness (QED) is 0.282. The minimum atomic E-state index is -0.895. The summed E-state index contributed by atoms with van der Waals surface area (Å²) in [5, 5.41) is 8.05. The molecule has 3 N–H and O–H groups in total. The second-order valence-corrected chi connectivity index (χ2v) is 9.65. The number of hydrogen-bond acceptors (Lipinski definition) is 4. The number of pyridine rings is 1. The van der Waals surface area contributed by atoms with Crippen LogP contribution in [-0.2, 0) is 16.0 Å². The Kier molecular flexibility index (Phi) is 7.82. The highest BCUT2D eigenvalue weighted by molar-refractivity contribution is 6.05. The van der Waals surface area contributed by atoms with E-state index in [0.717, 1.165) is 24.3 Å². The fraction of sp³-hybridized carbons (Fsp3) is 0.161. The van der Waals surface area contributed by atoms with Crippen molar-refractivity contribution in [3.8, 4) is 11.1 Å². The van der Waals surface area contributed by atoms with Gasteiger partial charge in [0.15, 0.2) is 0 Å². The summed E-state index contributed by atoms with van der Waals surface area (Å²) in [6.07, 6.45) is 1.28. The number of anilines is 1. The molecule has 0 spiro atoms. The van der Waals surface area contributed by atoms with Gasteiger partial charge in [-0.15, -0.1) is 0 Å². The Labute approximate surface area is 233 Å². The molecule has 41 heavy (non-hydrogen) atoms. The highest BCUT2D eigenvalue weighted by atomic mass is 19.1. The van der Waals surface area contributed by atoms with E-state index in [1.165, 1.54) is 25.4 Å². The van der Waals surface area contributed by atoms with E-state index in [-0.39, 0.29) is 29.9 Å². The van der Waals surface area contributed by atoms with Gasteiger partial charge < -0.3 is 16.0 Å². The SMILES string of the molecule is CNC(=O)c1cc(-c2cccnc2[C@H](Cc2cc(F)cc(F)c2)NC(=O)CC2C(=O)Nc3ccccc32)ccc1F. The van der Waals surface area contributed by atoms with E-state index in [1.54, 1.807) is 36.4 Å². The van der Waals surface area contributed by atoms with Gasteiger partial charge in [0.1, 0.15) is 17.5 Å². The number of fused-ring (bicyclic) bond motifs is 1. The van der Waals surface area contributed by atoms with Crippen molar-refractivity contribution in [2.24, 2.45) is 0 Å². The zero-order valence-corrected chi connectivity index (χ0v) is 21.9. The van der Waals surface area contributed by atoms with Crippen molar-refractivity contribution in [1.82, 2.24) is 15.6 Å². The minimum absolute atomic E-state index is 0.0403. The first-order valence-electron chi connectivity index (χ1n) is 12.8. The van der Waals surface area contributed by atoms with Crippen LogP contribution < -0.4 is 16.0 Å². The number of rotatable bonds is 8. The normalized spacial score (nSPS) is 14.6. The van der Waals surface area contributed by atoms with Crippen molar-refractivity contribution >= 4 is 23.4 Å². The van der Waals surface area contributed by atoms with Gasteiger partial charge in [0, 0.05) is 37.0 Å². The summed E-state index contributed by atoms with van der Waals surface area (Å²) in [5.41, 5.74) is 2.67. The summed E-state index contributed by atoms with van der Waals surface area (Å²) < 4.78 is 42.6. The number of benzene rings is 3. The predicted molar refractivity (Wildman–Crippen MR) is 146 cm³/mol. The van der Waals surface area contributed by atoms with Gasteiger partial charge >= 0.3 is 0 Å². The van der Waals surface area contributed by atoms with Crippen LogP contribution in [0, 0.1) is 17.5 Å². The maximum Gasteiger partial charge on any atom is 0.254 e. The van der Waals surface area contributed by atoms with Crippen LogP contribution in [0.25, 0.3) is 11.1 Å². The van der Waals surface area contributed by atoms with Gasteiger partial charge in [-0.2, -0.15) is 0 Å². The van der Waals surface area contributed by atoms with Crippen molar-refractivity contribution in [3.05, 3.63) is 119 Å². The molecule has 10 heteroatoms. The lowest BCUT2D eigenvalue weighted by molar-refractivity contribution is -0.125. The number of hydrogen-bond donors (Lipinski definition) is 3. The Morgan fingerprint density at radius 3 is 2.49 bits per heavy atom. The van der Waals surface area contributed by atoms with E-state index in [9.17, 15) is 27.6 Å². The van der Waals surface area contributed by atoms with E-state index in [2.05, 4.69) is 20.9 Å². The van der Waals surface area contributed by atoms with Crippen LogP contribution >= 0.6 is 0 Å². The summed E-state index contributed by atoms with van der Waals surface area (Å²) in [6, 6.07) is 16.6. The van der Waals surface area contributed by atoms with Crippen molar-refractivity contribution in [2.45, 2.75) is 24.8 Å². The first-order chi connectivity index (χ1) is 19.7. The van der Waals surface area contributed by atoms with Crippen LogP contribution in [-0.4, -0.2) is 29.8 Å². The number of carbonyl (C=O) groups excluding carboxylic acids is 3. The molecule has 1 aliphatic heterocycles. The monoisotopic (exact) mass is 558 g/mol. The smallest absolute Gasteiger partial charge is 0.254 e. The van der Waals surface area contributed by atoms with Crippen LogP contribution in [0.3, 0.4) is 0 Å². The molecule has 1 unspecified atom stereocenters. The summed E-state index contributed by atoms with van der Waals surface area (Å²) in [4.78, 5) is 42.7. The summed E-state index contributed by atoms with van der Waals surface area (Å²) >= 11 is 0. The lowest BCUT2D eigenvalue weighted by Crippen LogP contribution is -2.33. The molecule has 0 saturated carbocycles. The lowest BCUT2D eigenvalue weighted by Gasteiger charge is -2.22. The molecule has 0 saturated heterocycles. The number of para-hydroxylation sites is 1.